The van der Waals surface area contributed by atoms with Crippen molar-refractivity contribution in [2.75, 3.05) is 19.6 Å². The predicted octanol–water partition coefficient (Wildman–Crippen LogP) is 1.43. The average Bonchev–Trinajstić information content (AvgIpc) is 3.45. The summed E-state index contributed by atoms with van der Waals surface area (Å²) in [4.78, 5) is 46.0. The number of hydrogen-bond acceptors (Lipinski definition) is 5. The molecule has 0 unspecified atom stereocenters. The Morgan fingerprint density at radius 3 is 2.57 bits per heavy atom. The van der Waals surface area contributed by atoms with Crippen LogP contribution in [0.15, 0.2) is 18.7 Å². The van der Waals surface area contributed by atoms with Crippen LogP contribution in [0.3, 0.4) is 0 Å². The molecule has 146 valence electrons. The average molecular weight is 380 g/mol. The molecule has 0 atom stereocenters. The Kier molecular flexibility index (Phi) is 3.96. The second-order valence-corrected chi connectivity index (χ2v) is 8.11. The van der Waals surface area contributed by atoms with Crippen LogP contribution in [-0.2, 0) is 16.8 Å². The first-order valence-electron chi connectivity index (χ1n) is 10.0. The Morgan fingerprint density at radius 2 is 1.89 bits per heavy atom. The second-order valence-electron chi connectivity index (χ2n) is 8.11. The van der Waals surface area contributed by atoms with Gasteiger partial charge in [-0.15, -0.1) is 0 Å². The lowest BCUT2D eigenvalue weighted by Gasteiger charge is -2.50. The number of carbonyl (C=O) groups excluding carboxylic acids is 2. The highest BCUT2D eigenvalue weighted by atomic mass is 16.2. The fourth-order valence-corrected chi connectivity index (χ4v) is 4.60. The van der Waals surface area contributed by atoms with Crippen molar-refractivity contribution in [2.24, 2.45) is 5.92 Å². The number of aromatic amines is 1. The van der Waals surface area contributed by atoms with Crippen LogP contribution in [0.25, 0.3) is 0 Å². The summed E-state index contributed by atoms with van der Waals surface area (Å²) in [5.74, 6) is 0.346. The molecule has 1 aliphatic carbocycles. The number of aromatic nitrogens is 4. The van der Waals surface area contributed by atoms with Crippen LogP contribution < -0.4 is 0 Å². The molecule has 2 fully saturated rings. The molecule has 2 aromatic heterocycles. The van der Waals surface area contributed by atoms with Crippen molar-refractivity contribution in [1.82, 2.24) is 29.7 Å². The van der Waals surface area contributed by atoms with Crippen LogP contribution in [0.5, 0.6) is 0 Å². The third-order valence-electron chi connectivity index (χ3n) is 6.33. The molecule has 1 N–H and O–H groups in total. The smallest absolute Gasteiger partial charge is 0.274 e. The number of imidazole rings is 1. The number of H-pyrrole nitrogens is 1. The monoisotopic (exact) mass is 380 g/mol. The summed E-state index contributed by atoms with van der Waals surface area (Å²) in [6.07, 6.45) is 9.10. The van der Waals surface area contributed by atoms with Crippen molar-refractivity contribution in [1.29, 1.82) is 0 Å². The first-order chi connectivity index (χ1) is 13.6. The molecule has 3 aliphatic rings. The molecule has 8 nitrogen and oxygen atoms in total. The lowest BCUT2D eigenvalue weighted by Crippen LogP contribution is -2.59. The van der Waals surface area contributed by atoms with Crippen LogP contribution in [0.2, 0.25) is 0 Å². The maximum absolute atomic E-state index is 13.0. The van der Waals surface area contributed by atoms with E-state index in [0.717, 1.165) is 42.9 Å². The quantitative estimate of drug-likeness (QED) is 0.851. The summed E-state index contributed by atoms with van der Waals surface area (Å²) in [6, 6.07) is 0. The van der Waals surface area contributed by atoms with Gasteiger partial charge >= 0.3 is 0 Å². The number of nitrogens with zero attached hydrogens (tertiary/aromatic N) is 5. The molecule has 1 spiro atoms. The molecule has 8 heteroatoms. The molecule has 1 saturated heterocycles. The van der Waals surface area contributed by atoms with E-state index in [1.54, 1.807) is 12.5 Å². The number of piperidine rings is 1. The molecule has 4 heterocycles. The zero-order chi connectivity index (χ0) is 19.3. The molecule has 5 rings (SSSR count). The van der Waals surface area contributed by atoms with E-state index in [1.807, 2.05) is 11.8 Å². The fourth-order valence-electron chi connectivity index (χ4n) is 4.60. The van der Waals surface area contributed by atoms with Gasteiger partial charge in [0.15, 0.2) is 0 Å². The van der Waals surface area contributed by atoms with Gasteiger partial charge in [0.25, 0.3) is 5.91 Å². The van der Waals surface area contributed by atoms with Gasteiger partial charge in [-0.3, -0.25) is 14.6 Å². The third kappa shape index (κ3) is 2.70. The summed E-state index contributed by atoms with van der Waals surface area (Å²) in [6.45, 7) is 3.73. The maximum Gasteiger partial charge on any atom is 0.274 e. The highest BCUT2D eigenvalue weighted by molar-refractivity contribution is 5.92. The first kappa shape index (κ1) is 17.3. The molecule has 1 saturated carbocycles. The molecule has 2 aliphatic heterocycles. The van der Waals surface area contributed by atoms with Gasteiger partial charge in [-0.2, -0.15) is 0 Å². The van der Waals surface area contributed by atoms with Gasteiger partial charge in [-0.1, -0.05) is 0 Å². The minimum atomic E-state index is -0.400. The minimum Gasteiger partial charge on any atom is -0.348 e. The largest absolute Gasteiger partial charge is 0.348 e. The zero-order valence-corrected chi connectivity index (χ0v) is 16.0. The summed E-state index contributed by atoms with van der Waals surface area (Å²) < 4.78 is 0. The summed E-state index contributed by atoms with van der Waals surface area (Å²) in [5.41, 5.74) is 2.88. The van der Waals surface area contributed by atoms with Gasteiger partial charge in [-0.25, -0.2) is 9.97 Å². The van der Waals surface area contributed by atoms with Crippen molar-refractivity contribution < 1.29 is 9.59 Å². The Hall–Kier alpha value is -2.77. The molecule has 2 aromatic rings. The minimum absolute atomic E-state index is 0.0968. The normalized spacial score (nSPS) is 20.9. The van der Waals surface area contributed by atoms with Crippen LogP contribution in [-0.4, -0.2) is 61.2 Å². The van der Waals surface area contributed by atoms with Gasteiger partial charge < -0.3 is 14.8 Å². The number of aryl methyl sites for hydroxylation is 1. The van der Waals surface area contributed by atoms with Crippen molar-refractivity contribution in [2.45, 2.75) is 44.6 Å². The number of amides is 2. The second kappa shape index (κ2) is 6.39. The van der Waals surface area contributed by atoms with E-state index in [0.29, 0.717) is 31.6 Å². The molecular weight excluding hydrogens is 356 g/mol. The molecule has 0 bridgehead atoms. The molecule has 0 aromatic carbocycles. The lowest BCUT2D eigenvalue weighted by atomic mass is 9.78. The Balaban J connectivity index is 1.40. The van der Waals surface area contributed by atoms with E-state index in [1.165, 1.54) is 6.20 Å². The SMILES string of the molecule is Cc1cnc(C(=O)N2CCC3(CC2)c2nc[nH]c2CCN3C(=O)C2CC2)cn1. The van der Waals surface area contributed by atoms with E-state index in [-0.39, 0.29) is 17.7 Å². The van der Waals surface area contributed by atoms with E-state index in [2.05, 4.69) is 24.8 Å². The lowest BCUT2D eigenvalue weighted by molar-refractivity contribution is -0.143. The standard InChI is InChI=1S/C20H24N6O2/c1-13-10-22-16(11-21-13)19(28)25-8-5-20(6-9-25)17-15(23-12-24-17)4-7-26(20)18(27)14-2-3-14/h10-12,14H,2-9H2,1H3,(H,23,24). The van der Waals surface area contributed by atoms with Crippen LogP contribution >= 0.6 is 0 Å². The van der Waals surface area contributed by atoms with Crippen LogP contribution in [0.1, 0.15) is 53.3 Å². The zero-order valence-electron chi connectivity index (χ0n) is 16.0. The Labute approximate surface area is 163 Å². The summed E-state index contributed by atoms with van der Waals surface area (Å²) in [7, 11) is 0. The topological polar surface area (TPSA) is 95.1 Å². The van der Waals surface area contributed by atoms with E-state index in [9.17, 15) is 9.59 Å². The van der Waals surface area contributed by atoms with Crippen LogP contribution in [0.4, 0.5) is 0 Å². The van der Waals surface area contributed by atoms with Crippen molar-refractivity contribution >= 4 is 11.8 Å². The fraction of sp³-hybridized carbons (Fsp3) is 0.550. The van der Waals surface area contributed by atoms with Crippen LogP contribution in [0, 0.1) is 12.8 Å². The van der Waals surface area contributed by atoms with Gasteiger partial charge in [-0.05, 0) is 32.6 Å². The molecular formula is C20H24N6O2. The Morgan fingerprint density at radius 1 is 1.11 bits per heavy atom. The van der Waals surface area contributed by atoms with Gasteiger partial charge in [0.05, 0.1) is 29.5 Å². The van der Waals surface area contributed by atoms with Crippen molar-refractivity contribution in [3.63, 3.8) is 0 Å². The number of fused-ring (bicyclic) bond motifs is 2. The number of hydrogen-bond donors (Lipinski definition) is 1. The molecule has 28 heavy (non-hydrogen) atoms. The third-order valence-corrected chi connectivity index (χ3v) is 6.33. The highest BCUT2D eigenvalue weighted by Crippen LogP contribution is 2.45. The molecule has 0 radical (unpaired) electrons. The number of rotatable bonds is 2. The first-order valence-corrected chi connectivity index (χ1v) is 10.0. The predicted molar refractivity (Wildman–Crippen MR) is 100 cm³/mol. The number of likely N-dealkylation sites (tertiary alicyclic amines) is 1. The van der Waals surface area contributed by atoms with Crippen molar-refractivity contribution in [3.8, 4) is 0 Å². The number of carbonyl (C=O) groups is 2. The van der Waals surface area contributed by atoms with E-state index < -0.39 is 5.54 Å². The summed E-state index contributed by atoms with van der Waals surface area (Å²) >= 11 is 0. The van der Waals surface area contributed by atoms with E-state index >= 15 is 0 Å². The van der Waals surface area contributed by atoms with Gasteiger partial charge in [0, 0.05) is 43.9 Å². The van der Waals surface area contributed by atoms with Crippen molar-refractivity contribution in [3.05, 3.63) is 41.5 Å². The highest BCUT2D eigenvalue weighted by Gasteiger charge is 2.51. The van der Waals surface area contributed by atoms with Gasteiger partial charge in [0.1, 0.15) is 5.69 Å². The molecule has 2 amide bonds. The maximum atomic E-state index is 13.0. The summed E-state index contributed by atoms with van der Waals surface area (Å²) in [5, 5.41) is 0. The number of nitrogens with one attached hydrogen (secondary N) is 1. The van der Waals surface area contributed by atoms with Gasteiger partial charge in [0.2, 0.25) is 5.91 Å². The van der Waals surface area contributed by atoms with E-state index in [4.69, 9.17) is 0 Å². The Bertz CT molecular complexity index is 909.